The van der Waals surface area contributed by atoms with Crippen LogP contribution in [0.25, 0.3) is 21.8 Å². The summed E-state index contributed by atoms with van der Waals surface area (Å²) in [6.07, 6.45) is 1.21. The van der Waals surface area contributed by atoms with E-state index in [9.17, 15) is 4.79 Å². The minimum Gasteiger partial charge on any atom is -0.340 e. The average Bonchev–Trinajstić information content (AvgIpc) is 2.82. The number of benzene rings is 2. The molecule has 3 aromatic rings. The zero-order valence-electron chi connectivity index (χ0n) is 11.2. The van der Waals surface area contributed by atoms with Gasteiger partial charge in [0.2, 0.25) is 5.91 Å². The molecule has 4 heteroatoms. The molecule has 3 N–H and O–H groups in total. The summed E-state index contributed by atoms with van der Waals surface area (Å²) < 4.78 is 2.27. The molecule has 102 valence electrons. The van der Waals surface area contributed by atoms with Crippen LogP contribution >= 0.6 is 0 Å². The predicted molar refractivity (Wildman–Crippen MR) is 81.0 cm³/mol. The average molecular weight is 267 g/mol. The van der Waals surface area contributed by atoms with Crippen molar-refractivity contribution in [2.24, 2.45) is 5.84 Å². The number of hydrogen-bond acceptors (Lipinski definition) is 2. The van der Waals surface area contributed by atoms with E-state index in [1.165, 1.54) is 21.8 Å². The zero-order chi connectivity index (χ0) is 13.9. The molecule has 0 spiro atoms. The standard InChI is InChI=1S/C16H17N3O/c17-18-16(20)10-5-11-19-14-8-3-1-6-12(14)13-7-2-4-9-15(13)19/h1-4,6-9H,5,10-11,17H2,(H,18,20). The van der Waals surface area contributed by atoms with Crippen molar-refractivity contribution in [3.8, 4) is 0 Å². The van der Waals surface area contributed by atoms with Crippen molar-refractivity contribution in [3.05, 3.63) is 48.5 Å². The molecule has 0 atom stereocenters. The van der Waals surface area contributed by atoms with Crippen LogP contribution in [0.3, 0.4) is 0 Å². The van der Waals surface area contributed by atoms with Gasteiger partial charge >= 0.3 is 0 Å². The Hall–Kier alpha value is -2.33. The van der Waals surface area contributed by atoms with Crippen molar-refractivity contribution in [2.45, 2.75) is 19.4 Å². The van der Waals surface area contributed by atoms with Gasteiger partial charge in [0.15, 0.2) is 0 Å². The summed E-state index contributed by atoms with van der Waals surface area (Å²) >= 11 is 0. The fourth-order valence-electron chi connectivity index (χ4n) is 2.71. The maximum atomic E-state index is 11.2. The highest BCUT2D eigenvalue weighted by atomic mass is 16.2. The highest BCUT2D eigenvalue weighted by molar-refractivity contribution is 6.07. The summed E-state index contributed by atoms with van der Waals surface area (Å²) in [5.41, 5.74) is 4.59. The third kappa shape index (κ3) is 2.14. The Balaban J connectivity index is 2.01. The normalized spacial score (nSPS) is 11.1. The number of carbonyl (C=O) groups is 1. The predicted octanol–water partition coefficient (Wildman–Crippen LogP) is 2.56. The molecular formula is C16H17N3O. The summed E-state index contributed by atoms with van der Waals surface area (Å²) in [6, 6.07) is 16.7. The molecular weight excluding hydrogens is 250 g/mol. The molecule has 0 saturated heterocycles. The molecule has 0 aliphatic heterocycles. The second-order valence-electron chi connectivity index (χ2n) is 4.86. The van der Waals surface area contributed by atoms with E-state index >= 15 is 0 Å². The molecule has 4 nitrogen and oxygen atoms in total. The Morgan fingerprint density at radius 1 is 1.00 bits per heavy atom. The number of hydrazine groups is 1. The van der Waals surface area contributed by atoms with Gasteiger partial charge in [-0.25, -0.2) is 5.84 Å². The van der Waals surface area contributed by atoms with Gasteiger partial charge in [0.05, 0.1) is 0 Å². The number of nitrogens with two attached hydrogens (primary N) is 1. The highest BCUT2D eigenvalue weighted by Crippen LogP contribution is 2.28. The number of fused-ring (bicyclic) bond motifs is 3. The van der Waals surface area contributed by atoms with Gasteiger partial charge < -0.3 is 4.57 Å². The molecule has 0 saturated carbocycles. The molecule has 20 heavy (non-hydrogen) atoms. The summed E-state index contributed by atoms with van der Waals surface area (Å²) in [6.45, 7) is 0.807. The van der Waals surface area contributed by atoms with E-state index in [4.69, 9.17) is 5.84 Å². The number of rotatable bonds is 4. The Morgan fingerprint density at radius 3 is 2.10 bits per heavy atom. The highest BCUT2D eigenvalue weighted by Gasteiger charge is 2.09. The second-order valence-corrected chi connectivity index (χ2v) is 4.86. The van der Waals surface area contributed by atoms with Crippen LogP contribution in [0.4, 0.5) is 0 Å². The fourth-order valence-corrected chi connectivity index (χ4v) is 2.71. The molecule has 0 aliphatic rings. The van der Waals surface area contributed by atoms with Gasteiger partial charge in [0.25, 0.3) is 0 Å². The molecule has 1 amide bonds. The molecule has 3 rings (SSSR count). The van der Waals surface area contributed by atoms with Crippen LogP contribution in [0.2, 0.25) is 0 Å². The molecule has 0 radical (unpaired) electrons. The zero-order valence-corrected chi connectivity index (χ0v) is 11.2. The largest absolute Gasteiger partial charge is 0.340 e. The first-order valence-corrected chi connectivity index (χ1v) is 6.76. The van der Waals surface area contributed by atoms with E-state index in [1.54, 1.807) is 0 Å². The minimum atomic E-state index is -0.120. The smallest absolute Gasteiger partial charge is 0.233 e. The van der Waals surface area contributed by atoms with Gasteiger partial charge in [0.1, 0.15) is 0 Å². The minimum absolute atomic E-state index is 0.120. The van der Waals surface area contributed by atoms with Crippen molar-refractivity contribution >= 4 is 27.7 Å². The first-order chi connectivity index (χ1) is 9.81. The number of carbonyl (C=O) groups excluding carboxylic acids is 1. The summed E-state index contributed by atoms with van der Waals surface area (Å²) in [5, 5.41) is 2.51. The topological polar surface area (TPSA) is 60.0 Å². The first-order valence-electron chi connectivity index (χ1n) is 6.76. The quantitative estimate of drug-likeness (QED) is 0.433. The number of nitrogens with zero attached hydrogens (tertiary/aromatic N) is 1. The van der Waals surface area contributed by atoms with E-state index in [-0.39, 0.29) is 5.91 Å². The summed E-state index contributed by atoms with van der Waals surface area (Å²) in [5.74, 6) is 4.99. The van der Waals surface area contributed by atoms with Gasteiger partial charge in [-0.05, 0) is 18.6 Å². The third-order valence-electron chi connectivity index (χ3n) is 3.63. The lowest BCUT2D eigenvalue weighted by molar-refractivity contribution is -0.121. The van der Waals surface area contributed by atoms with E-state index in [1.807, 2.05) is 12.1 Å². The Morgan fingerprint density at radius 2 is 1.55 bits per heavy atom. The number of nitrogens with one attached hydrogen (secondary N) is 1. The van der Waals surface area contributed by atoms with Crippen molar-refractivity contribution in [2.75, 3.05) is 0 Å². The molecule has 1 aromatic heterocycles. The lowest BCUT2D eigenvalue weighted by Gasteiger charge is -2.06. The molecule has 0 aliphatic carbocycles. The molecule has 0 bridgehead atoms. The van der Waals surface area contributed by atoms with Crippen molar-refractivity contribution < 1.29 is 4.79 Å². The number of aromatic nitrogens is 1. The van der Waals surface area contributed by atoms with Crippen molar-refractivity contribution in [3.63, 3.8) is 0 Å². The summed E-state index contributed by atoms with van der Waals surface area (Å²) in [4.78, 5) is 11.2. The van der Waals surface area contributed by atoms with Crippen LogP contribution in [-0.2, 0) is 11.3 Å². The van der Waals surface area contributed by atoms with Gasteiger partial charge in [0, 0.05) is 34.8 Å². The van der Waals surface area contributed by atoms with Crippen LogP contribution in [0, 0.1) is 0 Å². The maximum Gasteiger partial charge on any atom is 0.233 e. The fraction of sp³-hybridized carbons (Fsp3) is 0.188. The first kappa shape index (κ1) is 12.7. The molecule has 1 heterocycles. The lowest BCUT2D eigenvalue weighted by Crippen LogP contribution is -2.29. The maximum absolute atomic E-state index is 11.2. The van der Waals surface area contributed by atoms with Crippen LogP contribution in [-0.4, -0.2) is 10.5 Å². The summed E-state index contributed by atoms with van der Waals surface area (Å²) in [7, 11) is 0. The van der Waals surface area contributed by atoms with Crippen molar-refractivity contribution in [1.29, 1.82) is 0 Å². The Kier molecular flexibility index (Phi) is 3.39. The Labute approximate surface area is 117 Å². The Bertz CT molecular complexity index is 707. The van der Waals surface area contributed by atoms with E-state index in [0.717, 1.165) is 13.0 Å². The van der Waals surface area contributed by atoms with Gasteiger partial charge in [-0.15, -0.1) is 0 Å². The molecule has 0 fully saturated rings. The van der Waals surface area contributed by atoms with Gasteiger partial charge in [-0.3, -0.25) is 10.2 Å². The van der Waals surface area contributed by atoms with Crippen LogP contribution in [0.5, 0.6) is 0 Å². The monoisotopic (exact) mass is 267 g/mol. The number of para-hydroxylation sites is 2. The van der Waals surface area contributed by atoms with Crippen LogP contribution in [0.15, 0.2) is 48.5 Å². The molecule has 0 unspecified atom stereocenters. The lowest BCUT2D eigenvalue weighted by atomic mass is 10.2. The van der Waals surface area contributed by atoms with Gasteiger partial charge in [-0.1, -0.05) is 36.4 Å². The van der Waals surface area contributed by atoms with Crippen LogP contribution in [0.1, 0.15) is 12.8 Å². The third-order valence-corrected chi connectivity index (χ3v) is 3.63. The van der Waals surface area contributed by atoms with Crippen LogP contribution < -0.4 is 11.3 Å². The number of hydrogen-bond donors (Lipinski definition) is 2. The van der Waals surface area contributed by atoms with E-state index in [2.05, 4.69) is 46.4 Å². The second kappa shape index (κ2) is 5.35. The van der Waals surface area contributed by atoms with E-state index < -0.39 is 0 Å². The van der Waals surface area contributed by atoms with Crippen molar-refractivity contribution in [1.82, 2.24) is 9.99 Å². The number of amides is 1. The van der Waals surface area contributed by atoms with Gasteiger partial charge in [-0.2, -0.15) is 0 Å². The van der Waals surface area contributed by atoms with E-state index in [0.29, 0.717) is 6.42 Å². The number of aryl methyl sites for hydroxylation is 1. The molecule has 2 aromatic carbocycles. The SMILES string of the molecule is NNC(=O)CCCn1c2ccccc2c2ccccc21.